The number of furan rings is 1. The van der Waals surface area contributed by atoms with Gasteiger partial charge >= 0.3 is 0 Å². The van der Waals surface area contributed by atoms with Gasteiger partial charge in [-0.3, -0.25) is 9.59 Å². The molecule has 0 unspecified atom stereocenters. The van der Waals surface area contributed by atoms with E-state index in [4.69, 9.17) is 10.8 Å². The van der Waals surface area contributed by atoms with Crippen LogP contribution in [0.15, 0.2) is 47.1 Å². The van der Waals surface area contributed by atoms with Gasteiger partial charge < -0.3 is 15.1 Å². The van der Waals surface area contributed by atoms with Gasteiger partial charge in [0.05, 0.1) is 12.8 Å². The predicted molar refractivity (Wildman–Crippen MR) is 74.3 cm³/mol. The number of rotatable bonds is 4. The first-order valence-corrected chi connectivity index (χ1v) is 5.87. The zero-order chi connectivity index (χ0) is 14.4. The van der Waals surface area contributed by atoms with Crippen molar-refractivity contribution in [1.82, 2.24) is 5.32 Å². The monoisotopic (exact) mass is 268 g/mol. The smallest absolute Gasteiger partial charge is 0.291 e. The van der Waals surface area contributed by atoms with E-state index in [9.17, 15) is 9.59 Å². The maximum absolute atomic E-state index is 11.8. The normalized spacial score (nSPS) is 9.55. The number of hydrogen-bond donors (Lipinski definition) is 2. The van der Waals surface area contributed by atoms with E-state index >= 15 is 0 Å². The van der Waals surface area contributed by atoms with Gasteiger partial charge in [-0.1, -0.05) is 12.0 Å². The largest absolute Gasteiger partial charge is 0.459 e. The summed E-state index contributed by atoms with van der Waals surface area (Å²) < 4.78 is 4.98. The third-order valence-corrected chi connectivity index (χ3v) is 2.48. The van der Waals surface area contributed by atoms with Crippen molar-refractivity contribution in [3.05, 3.63) is 54.0 Å². The molecule has 0 atom stereocenters. The van der Waals surface area contributed by atoms with Gasteiger partial charge in [0.25, 0.3) is 11.8 Å². The fourth-order valence-electron chi connectivity index (χ4n) is 1.57. The molecule has 1 aromatic heterocycles. The minimum Gasteiger partial charge on any atom is -0.459 e. The number of benzene rings is 1. The minimum absolute atomic E-state index is 0.155. The van der Waals surface area contributed by atoms with Gasteiger partial charge in [0.2, 0.25) is 0 Å². The Bertz CT molecular complexity index is 654. The molecule has 0 spiro atoms. The molecule has 0 fully saturated rings. The molecule has 0 aliphatic heterocycles. The average Bonchev–Trinajstić information content (AvgIpc) is 2.99. The Morgan fingerprint density at radius 3 is 2.75 bits per heavy atom. The van der Waals surface area contributed by atoms with E-state index in [0.29, 0.717) is 11.3 Å². The number of amides is 2. The molecule has 5 heteroatoms. The highest BCUT2D eigenvalue weighted by Crippen LogP contribution is 2.12. The highest BCUT2D eigenvalue weighted by molar-refractivity contribution is 6.03. The number of carbonyl (C=O) groups is 2. The van der Waals surface area contributed by atoms with Crippen molar-refractivity contribution < 1.29 is 14.0 Å². The highest BCUT2D eigenvalue weighted by Gasteiger charge is 2.10. The van der Waals surface area contributed by atoms with E-state index in [1.54, 1.807) is 36.4 Å². The Kier molecular flexibility index (Phi) is 4.20. The van der Waals surface area contributed by atoms with Crippen molar-refractivity contribution in [1.29, 1.82) is 0 Å². The van der Waals surface area contributed by atoms with Crippen molar-refractivity contribution >= 4 is 17.5 Å². The van der Waals surface area contributed by atoms with E-state index in [2.05, 4.69) is 16.6 Å². The van der Waals surface area contributed by atoms with Gasteiger partial charge in [0.15, 0.2) is 5.76 Å². The summed E-state index contributed by atoms with van der Waals surface area (Å²) in [7, 11) is 0. The second-order valence-corrected chi connectivity index (χ2v) is 3.90. The molecule has 1 aromatic carbocycles. The van der Waals surface area contributed by atoms with Crippen molar-refractivity contribution in [2.24, 2.45) is 0 Å². The second kappa shape index (κ2) is 6.25. The lowest BCUT2D eigenvalue weighted by molar-refractivity contribution is 0.0956. The Labute approximate surface area is 116 Å². The van der Waals surface area contributed by atoms with Gasteiger partial charge in [-0.2, -0.15) is 0 Å². The Morgan fingerprint density at radius 2 is 2.05 bits per heavy atom. The number of carbonyl (C=O) groups excluding carboxylic acids is 2. The second-order valence-electron chi connectivity index (χ2n) is 3.90. The van der Waals surface area contributed by atoms with Crippen LogP contribution in [0.25, 0.3) is 0 Å². The summed E-state index contributed by atoms with van der Waals surface area (Å²) in [5.74, 6) is 1.85. The van der Waals surface area contributed by atoms with Crippen LogP contribution in [-0.4, -0.2) is 18.4 Å². The SMILES string of the molecule is C#CCNC(=O)c1cccc(NC(=O)c2ccco2)c1. The van der Waals surface area contributed by atoms with Gasteiger partial charge in [-0.15, -0.1) is 6.42 Å². The van der Waals surface area contributed by atoms with E-state index in [1.165, 1.54) is 6.26 Å². The molecule has 0 aliphatic carbocycles. The van der Waals surface area contributed by atoms with Crippen LogP contribution in [0.5, 0.6) is 0 Å². The van der Waals surface area contributed by atoms with E-state index in [0.717, 1.165) is 0 Å². The van der Waals surface area contributed by atoms with Gasteiger partial charge in [-0.25, -0.2) is 0 Å². The Balaban J connectivity index is 2.08. The molecule has 20 heavy (non-hydrogen) atoms. The Hall–Kier alpha value is -3.00. The number of nitrogens with one attached hydrogen (secondary N) is 2. The standard InChI is InChI=1S/C15H12N2O3/c1-2-8-16-14(18)11-5-3-6-12(10-11)17-15(19)13-7-4-9-20-13/h1,3-7,9-10H,8H2,(H,16,18)(H,17,19). The summed E-state index contributed by atoms with van der Waals surface area (Å²) >= 11 is 0. The maximum atomic E-state index is 11.8. The van der Waals surface area contributed by atoms with Crippen LogP contribution in [-0.2, 0) is 0 Å². The molecule has 5 nitrogen and oxygen atoms in total. The van der Waals surface area contributed by atoms with Crippen molar-refractivity contribution in [3.63, 3.8) is 0 Å². The molecule has 2 amide bonds. The topological polar surface area (TPSA) is 71.3 Å². The van der Waals surface area contributed by atoms with Crippen LogP contribution in [0.4, 0.5) is 5.69 Å². The maximum Gasteiger partial charge on any atom is 0.291 e. The summed E-state index contributed by atoms with van der Waals surface area (Å²) in [4.78, 5) is 23.5. The molecule has 2 N–H and O–H groups in total. The summed E-state index contributed by atoms with van der Waals surface area (Å²) in [6, 6.07) is 9.72. The first kappa shape index (κ1) is 13.4. The summed E-state index contributed by atoms with van der Waals surface area (Å²) in [5, 5.41) is 5.19. The lowest BCUT2D eigenvalue weighted by Crippen LogP contribution is -2.23. The van der Waals surface area contributed by atoms with Crippen molar-refractivity contribution in [3.8, 4) is 12.3 Å². The molecule has 0 saturated heterocycles. The molecule has 1 heterocycles. The summed E-state index contributed by atoms with van der Waals surface area (Å²) in [6.45, 7) is 0.155. The molecule has 2 aromatic rings. The highest BCUT2D eigenvalue weighted by atomic mass is 16.3. The molecular weight excluding hydrogens is 256 g/mol. The van der Waals surface area contributed by atoms with E-state index in [1.807, 2.05) is 0 Å². The van der Waals surface area contributed by atoms with E-state index in [-0.39, 0.29) is 24.1 Å². The van der Waals surface area contributed by atoms with Crippen LogP contribution in [0.1, 0.15) is 20.9 Å². The zero-order valence-electron chi connectivity index (χ0n) is 10.6. The quantitative estimate of drug-likeness (QED) is 0.832. The number of hydrogen-bond acceptors (Lipinski definition) is 3. The molecule has 2 rings (SSSR count). The predicted octanol–water partition coefficient (Wildman–Crippen LogP) is 1.89. The first-order valence-electron chi connectivity index (χ1n) is 5.87. The van der Waals surface area contributed by atoms with Crippen molar-refractivity contribution in [2.45, 2.75) is 0 Å². The minimum atomic E-state index is -0.379. The first-order chi connectivity index (χ1) is 9.70. The van der Waals surface area contributed by atoms with Crippen LogP contribution in [0.3, 0.4) is 0 Å². The van der Waals surface area contributed by atoms with Crippen LogP contribution in [0, 0.1) is 12.3 Å². The number of terminal acetylenes is 1. The third kappa shape index (κ3) is 3.27. The molecule has 0 saturated carbocycles. The van der Waals surface area contributed by atoms with Crippen LogP contribution < -0.4 is 10.6 Å². The molecule has 0 aliphatic rings. The summed E-state index contributed by atoms with van der Waals surface area (Å²) in [6.07, 6.45) is 6.49. The Morgan fingerprint density at radius 1 is 1.20 bits per heavy atom. The molecule has 0 radical (unpaired) electrons. The van der Waals surface area contributed by atoms with Gasteiger partial charge in [-0.05, 0) is 30.3 Å². The van der Waals surface area contributed by atoms with Crippen molar-refractivity contribution in [2.75, 3.05) is 11.9 Å². The zero-order valence-corrected chi connectivity index (χ0v) is 10.6. The van der Waals surface area contributed by atoms with Gasteiger partial charge in [0.1, 0.15) is 0 Å². The fourth-order valence-corrected chi connectivity index (χ4v) is 1.57. The molecular formula is C15H12N2O3. The van der Waals surface area contributed by atoms with Crippen LogP contribution >= 0.6 is 0 Å². The lowest BCUT2D eigenvalue weighted by atomic mass is 10.2. The molecule has 100 valence electrons. The molecule has 0 bridgehead atoms. The number of anilines is 1. The summed E-state index contributed by atoms with van der Waals surface area (Å²) in [5.41, 5.74) is 0.914. The van der Waals surface area contributed by atoms with Crippen LogP contribution in [0.2, 0.25) is 0 Å². The third-order valence-electron chi connectivity index (χ3n) is 2.48. The van der Waals surface area contributed by atoms with E-state index < -0.39 is 0 Å². The lowest BCUT2D eigenvalue weighted by Gasteiger charge is -2.06. The average molecular weight is 268 g/mol. The fraction of sp³-hybridized carbons (Fsp3) is 0.0667. The van der Waals surface area contributed by atoms with Gasteiger partial charge in [0, 0.05) is 11.3 Å².